The fourth-order valence-corrected chi connectivity index (χ4v) is 1.27. The highest BCUT2D eigenvalue weighted by molar-refractivity contribution is 7.89. The minimum Gasteiger partial charge on any atom is -0.259 e. The summed E-state index contributed by atoms with van der Waals surface area (Å²) < 4.78 is 22.9. The molecule has 68 valence electrons. The van der Waals surface area contributed by atoms with E-state index in [0.29, 0.717) is 5.65 Å². The van der Waals surface area contributed by atoms with Crippen LogP contribution in [0, 0.1) is 0 Å². The molecule has 0 saturated carbocycles. The molecule has 2 rings (SSSR count). The highest BCUT2D eigenvalue weighted by atomic mass is 32.2. The first-order valence-corrected chi connectivity index (χ1v) is 4.81. The third-order valence-electron chi connectivity index (χ3n) is 1.38. The Morgan fingerprint density at radius 2 is 2.23 bits per heavy atom. The van der Waals surface area contributed by atoms with Crippen molar-refractivity contribution in [3.05, 3.63) is 18.6 Å². The van der Waals surface area contributed by atoms with Gasteiger partial charge in [0.15, 0.2) is 5.65 Å². The zero-order chi connectivity index (χ0) is 9.47. The van der Waals surface area contributed by atoms with Crippen LogP contribution in [-0.4, -0.2) is 28.0 Å². The van der Waals surface area contributed by atoms with Gasteiger partial charge in [-0.3, -0.25) is 4.98 Å². The summed E-state index contributed by atoms with van der Waals surface area (Å²) in [6.45, 7) is 0. The van der Waals surface area contributed by atoms with E-state index in [2.05, 4.69) is 15.1 Å². The zero-order valence-corrected chi connectivity index (χ0v) is 7.14. The van der Waals surface area contributed by atoms with E-state index in [1.54, 1.807) is 0 Å². The molecular weight excluding hydrogens is 194 g/mol. The van der Waals surface area contributed by atoms with Crippen molar-refractivity contribution in [2.75, 3.05) is 0 Å². The summed E-state index contributed by atoms with van der Waals surface area (Å²) in [6, 6.07) is 0. The van der Waals surface area contributed by atoms with E-state index < -0.39 is 15.2 Å². The molecule has 0 spiro atoms. The van der Waals surface area contributed by atoms with Gasteiger partial charge >= 0.3 is 0 Å². The van der Waals surface area contributed by atoms with Crippen LogP contribution in [0.5, 0.6) is 0 Å². The number of aromatic nitrogens is 4. The lowest BCUT2D eigenvalue weighted by Crippen LogP contribution is -2.14. The van der Waals surface area contributed by atoms with E-state index >= 15 is 0 Å². The summed E-state index contributed by atoms with van der Waals surface area (Å²) in [7, 11) is -3.84. The topological polar surface area (TPSA) is 103 Å². The largest absolute Gasteiger partial charge is 0.282 e. The number of fused-ring (bicyclic) bond motifs is 1. The number of nitrogens with zero attached hydrogens (tertiary/aromatic N) is 4. The molecule has 0 radical (unpaired) electrons. The summed E-state index contributed by atoms with van der Waals surface area (Å²) in [5, 5.41) is 8.07. The maximum absolute atomic E-state index is 10.8. The number of nitrogens with two attached hydrogens (primary N) is 1. The van der Waals surface area contributed by atoms with Crippen molar-refractivity contribution < 1.29 is 8.42 Å². The van der Waals surface area contributed by atoms with Crippen molar-refractivity contribution in [3.63, 3.8) is 0 Å². The molecule has 2 aromatic rings. The van der Waals surface area contributed by atoms with Gasteiger partial charge in [0.05, 0.1) is 6.20 Å². The molecule has 0 aliphatic heterocycles. The number of hydrogen-bond acceptors (Lipinski definition) is 5. The van der Waals surface area contributed by atoms with Crippen molar-refractivity contribution >= 4 is 15.7 Å². The van der Waals surface area contributed by atoms with Crippen LogP contribution in [0.15, 0.2) is 23.7 Å². The van der Waals surface area contributed by atoms with Gasteiger partial charge in [-0.05, 0) is 0 Å². The SMILES string of the molecule is NS(=O)(=O)c1nc2cnccn2n1. The van der Waals surface area contributed by atoms with Gasteiger partial charge in [-0.15, -0.1) is 5.10 Å². The van der Waals surface area contributed by atoms with E-state index in [4.69, 9.17) is 5.14 Å². The molecule has 0 aromatic carbocycles. The average molecular weight is 199 g/mol. The quantitative estimate of drug-likeness (QED) is 0.619. The predicted octanol–water partition coefficient (Wildman–Crippen LogP) is -1.23. The standard InChI is InChI=1S/C5H5N5O2S/c6-13(11,12)5-8-4-3-7-1-2-10(4)9-5/h1-3H,(H2,6,11,12). The molecule has 0 unspecified atom stereocenters. The van der Waals surface area contributed by atoms with Gasteiger partial charge in [0.2, 0.25) is 0 Å². The molecule has 8 heteroatoms. The smallest absolute Gasteiger partial charge is 0.259 e. The van der Waals surface area contributed by atoms with Crippen LogP contribution < -0.4 is 5.14 Å². The second kappa shape index (κ2) is 2.47. The first-order valence-electron chi connectivity index (χ1n) is 3.26. The normalized spacial score (nSPS) is 12.1. The van der Waals surface area contributed by atoms with Gasteiger partial charge in [0.25, 0.3) is 15.2 Å². The van der Waals surface area contributed by atoms with Crippen molar-refractivity contribution in [1.82, 2.24) is 19.6 Å². The fourth-order valence-electron chi connectivity index (χ4n) is 0.845. The van der Waals surface area contributed by atoms with Crippen molar-refractivity contribution in [1.29, 1.82) is 0 Å². The summed E-state index contributed by atoms with van der Waals surface area (Å²) in [6.07, 6.45) is 4.34. The first-order chi connectivity index (χ1) is 6.07. The fraction of sp³-hybridized carbons (Fsp3) is 0. The Bertz CT molecular complexity index is 512. The molecule has 2 heterocycles. The van der Waals surface area contributed by atoms with Gasteiger partial charge in [0.1, 0.15) is 0 Å². The Kier molecular flexibility index (Phi) is 1.54. The van der Waals surface area contributed by atoms with Crippen LogP contribution >= 0.6 is 0 Å². The van der Waals surface area contributed by atoms with Crippen molar-refractivity contribution in [2.45, 2.75) is 5.16 Å². The molecule has 2 N–H and O–H groups in total. The highest BCUT2D eigenvalue weighted by Gasteiger charge is 2.14. The number of sulfonamides is 1. The van der Waals surface area contributed by atoms with Crippen LogP contribution in [-0.2, 0) is 10.0 Å². The third-order valence-corrected chi connectivity index (χ3v) is 2.06. The van der Waals surface area contributed by atoms with Crippen LogP contribution in [0.2, 0.25) is 0 Å². The predicted molar refractivity (Wildman–Crippen MR) is 42.2 cm³/mol. The van der Waals surface area contributed by atoms with Gasteiger partial charge in [-0.25, -0.2) is 18.1 Å². The molecule has 2 aromatic heterocycles. The molecule has 0 bridgehead atoms. The number of primary sulfonamides is 1. The maximum Gasteiger partial charge on any atom is 0.282 e. The van der Waals surface area contributed by atoms with Gasteiger partial charge in [0, 0.05) is 12.4 Å². The minimum absolute atomic E-state index is 0.339. The third kappa shape index (κ3) is 1.36. The van der Waals surface area contributed by atoms with E-state index in [9.17, 15) is 8.42 Å². The molecule has 0 amide bonds. The minimum atomic E-state index is -3.84. The average Bonchev–Trinajstić information content (AvgIpc) is 2.45. The maximum atomic E-state index is 10.8. The van der Waals surface area contributed by atoms with E-state index in [1.165, 1.54) is 23.1 Å². The van der Waals surface area contributed by atoms with Crippen LogP contribution in [0.3, 0.4) is 0 Å². The lowest BCUT2D eigenvalue weighted by molar-refractivity contribution is 0.588. The Balaban J connectivity index is 2.77. The monoisotopic (exact) mass is 199 g/mol. The Morgan fingerprint density at radius 3 is 2.85 bits per heavy atom. The van der Waals surface area contributed by atoms with E-state index in [0.717, 1.165) is 0 Å². The van der Waals surface area contributed by atoms with Crippen molar-refractivity contribution in [2.24, 2.45) is 5.14 Å². The highest BCUT2D eigenvalue weighted by Crippen LogP contribution is 2.01. The number of rotatable bonds is 1. The molecule has 0 fully saturated rings. The molecule has 0 atom stereocenters. The summed E-state index contributed by atoms with van der Waals surface area (Å²) in [4.78, 5) is 7.41. The summed E-state index contributed by atoms with van der Waals surface area (Å²) in [5.41, 5.74) is 0.339. The lowest BCUT2D eigenvalue weighted by Gasteiger charge is -1.85. The molecule has 0 aliphatic rings. The van der Waals surface area contributed by atoms with Gasteiger partial charge < -0.3 is 0 Å². The van der Waals surface area contributed by atoms with Crippen molar-refractivity contribution in [3.8, 4) is 0 Å². The lowest BCUT2D eigenvalue weighted by atomic mass is 10.7. The second-order valence-electron chi connectivity index (χ2n) is 2.32. The van der Waals surface area contributed by atoms with Crippen LogP contribution in [0.4, 0.5) is 0 Å². The first kappa shape index (κ1) is 8.08. The Hall–Kier alpha value is -1.54. The van der Waals surface area contributed by atoms with E-state index in [1.807, 2.05) is 0 Å². The summed E-state index contributed by atoms with van der Waals surface area (Å²) >= 11 is 0. The second-order valence-corrected chi connectivity index (χ2v) is 3.77. The zero-order valence-electron chi connectivity index (χ0n) is 6.32. The van der Waals surface area contributed by atoms with Gasteiger partial charge in [-0.2, -0.15) is 4.98 Å². The molecule has 0 saturated heterocycles. The van der Waals surface area contributed by atoms with Gasteiger partial charge in [-0.1, -0.05) is 0 Å². The molecule has 0 aliphatic carbocycles. The molecular formula is C5H5N5O2S. The van der Waals surface area contributed by atoms with Crippen LogP contribution in [0.1, 0.15) is 0 Å². The Morgan fingerprint density at radius 1 is 1.46 bits per heavy atom. The van der Waals surface area contributed by atoms with E-state index in [-0.39, 0.29) is 0 Å². The van der Waals surface area contributed by atoms with Crippen LogP contribution in [0.25, 0.3) is 5.65 Å². The number of hydrogen-bond donors (Lipinski definition) is 1. The Labute approximate surface area is 73.3 Å². The molecule has 13 heavy (non-hydrogen) atoms. The molecule has 7 nitrogen and oxygen atoms in total. The summed E-state index contributed by atoms with van der Waals surface area (Å²) in [5.74, 6) is 0.